The number of nitrogens with zero attached hydrogens (tertiary/aromatic N) is 2. The zero-order chi connectivity index (χ0) is 43.1. The van der Waals surface area contributed by atoms with Crippen LogP contribution in [0.1, 0.15) is 27.8 Å². The van der Waals surface area contributed by atoms with Gasteiger partial charge in [0.2, 0.25) is 0 Å². The van der Waals surface area contributed by atoms with Crippen LogP contribution in [-0.2, 0) is 11.8 Å². The Hall–Kier alpha value is -8.40. The SMILES string of the molecule is C=C1/C=C\C=C/Cc2cc(-c3ccc4c(c3)c3ccccc3n4-c3ccc4c(c3)-c3ccccc3C4(c3ccccc3)c3ccccc3)ccc2N1c1ccc2oc3ccccc3c2c1. The van der Waals surface area contributed by atoms with Crippen molar-refractivity contribution in [3.05, 3.63) is 271 Å². The van der Waals surface area contributed by atoms with Gasteiger partial charge in [0.1, 0.15) is 11.2 Å². The van der Waals surface area contributed by atoms with Crippen molar-refractivity contribution in [2.75, 3.05) is 4.90 Å². The molecule has 3 heterocycles. The van der Waals surface area contributed by atoms with E-state index < -0.39 is 5.41 Å². The molecule has 2 aliphatic rings. The molecule has 306 valence electrons. The predicted octanol–water partition coefficient (Wildman–Crippen LogP) is 16.0. The maximum absolute atomic E-state index is 6.21. The van der Waals surface area contributed by atoms with Crippen LogP contribution in [0.15, 0.2) is 247 Å². The summed E-state index contributed by atoms with van der Waals surface area (Å²) in [5.74, 6) is 0. The Balaban J connectivity index is 0.941. The van der Waals surface area contributed by atoms with E-state index in [2.05, 4.69) is 234 Å². The van der Waals surface area contributed by atoms with Crippen molar-refractivity contribution in [3.63, 3.8) is 0 Å². The number of hydrogen-bond donors (Lipinski definition) is 0. The number of allylic oxidation sites excluding steroid dienone is 4. The van der Waals surface area contributed by atoms with Crippen molar-refractivity contribution < 1.29 is 4.42 Å². The van der Waals surface area contributed by atoms with Crippen LogP contribution in [0.25, 0.3) is 71.7 Å². The maximum Gasteiger partial charge on any atom is 0.135 e. The van der Waals surface area contributed by atoms with Crippen molar-refractivity contribution in [2.24, 2.45) is 0 Å². The molecule has 0 unspecified atom stereocenters. The summed E-state index contributed by atoms with van der Waals surface area (Å²) in [6, 6.07) is 75.6. The van der Waals surface area contributed by atoms with E-state index in [4.69, 9.17) is 4.42 Å². The van der Waals surface area contributed by atoms with Crippen LogP contribution in [0.3, 0.4) is 0 Å². The fourth-order valence-corrected chi connectivity index (χ4v) is 11.0. The number of fused-ring (bicyclic) bond motifs is 10. The highest BCUT2D eigenvalue weighted by molar-refractivity contribution is 6.11. The lowest BCUT2D eigenvalue weighted by Gasteiger charge is -2.33. The summed E-state index contributed by atoms with van der Waals surface area (Å²) in [5.41, 5.74) is 19.2. The average Bonchev–Trinajstić information content (AvgIpc) is 4.02. The van der Waals surface area contributed by atoms with Gasteiger partial charge in [0.25, 0.3) is 0 Å². The lowest BCUT2D eigenvalue weighted by atomic mass is 9.68. The molecule has 65 heavy (non-hydrogen) atoms. The molecule has 0 radical (unpaired) electrons. The fraction of sp³-hybridized carbons (Fsp3) is 0.0323. The smallest absolute Gasteiger partial charge is 0.135 e. The molecule has 1 aliphatic carbocycles. The summed E-state index contributed by atoms with van der Waals surface area (Å²) in [6.45, 7) is 4.56. The van der Waals surface area contributed by atoms with Crippen molar-refractivity contribution in [3.8, 4) is 27.9 Å². The zero-order valence-electron chi connectivity index (χ0n) is 35.7. The topological polar surface area (TPSA) is 21.3 Å². The highest BCUT2D eigenvalue weighted by Crippen LogP contribution is 2.56. The molecule has 0 atom stereocenters. The monoisotopic (exact) mass is 830 g/mol. The van der Waals surface area contributed by atoms with E-state index in [0.29, 0.717) is 0 Å². The van der Waals surface area contributed by atoms with E-state index in [0.717, 1.165) is 51.1 Å². The van der Waals surface area contributed by atoms with Gasteiger partial charge in [-0.15, -0.1) is 0 Å². The van der Waals surface area contributed by atoms with E-state index in [1.165, 1.54) is 71.9 Å². The van der Waals surface area contributed by atoms with Gasteiger partial charge in [-0.2, -0.15) is 0 Å². The average molecular weight is 831 g/mol. The first-order valence-electron chi connectivity index (χ1n) is 22.4. The molecule has 0 amide bonds. The quantitative estimate of drug-likeness (QED) is 0.172. The summed E-state index contributed by atoms with van der Waals surface area (Å²) < 4.78 is 8.66. The molecule has 3 nitrogen and oxygen atoms in total. The molecule has 11 aromatic rings. The van der Waals surface area contributed by atoms with Crippen LogP contribution in [0.2, 0.25) is 0 Å². The molecule has 3 heteroatoms. The lowest BCUT2D eigenvalue weighted by molar-refractivity contribution is 0.669. The molecular weight excluding hydrogens is 789 g/mol. The lowest BCUT2D eigenvalue weighted by Crippen LogP contribution is -2.28. The maximum atomic E-state index is 6.21. The molecule has 0 bridgehead atoms. The molecular formula is C62H42N2O. The molecule has 0 spiro atoms. The Labute approximate surface area is 377 Å². The van der Waals surface area contributed by atoms with Gasteiger partial charge in [-0.1, -0.05) is 164 Å². The first-order chi connectivity index (χ1) is 32.1. The molecule has 9 aromatic carbocycles. The number of para-hydroxylation sites is 2. The number of aromatic nitrogens is 1. The van der Waals surface area contributed by atoms with Gasteiger partial charge in [0.15, 0.2) is 0 Å². The third-order valence-corrected chi connectivity index (χ3v) is 13.8. The third-order valence-electron chi connectivity index (χ3n) is 13.8. The number of furan rings is 1. The third kappa shape index (κ3) is 5.62. The fourth-order valence-electron chi connectivity index (χ4n) is 11.0. The minimum absolute atomic E-state index is 0.437. The summed E-state index contributed by atoms with van der Waals surface area (Å²) in [5, 5.41) is 4.66. The summed E-state index contributed by atoms with van der Waals surface area (Å²) in [6.07, 6.45) is 9.31. The number of rotatable bonds is 5. The second kappa shape index (κ2) is 14.6. The second-order valence-electron chi connectivity index (χ2n) is 17.3. The van der Waals surface area contributed by atoms with E-state index in [-0.39, 0.29) is 0 Å². The number of anilines is 2. The van der Waals surface area contributed by atoms with Crippen molar-refractivity contribution in [1.82, 2.24) is 4.57 Å². The molecule has 2 aromatic heterocycles. The number of hydrogen-bond acceptors (Lipinski definition) is 2. The van der Waals surface area contributed by atoms with Crippen LogP contribution in [0, 0.1) is 0 Å². The van der Waals surface area contributed by atoms with Crippen molar-refractivity contribution >= 4 is 55.1 Å². The molecule has 0 saturated carbocycles. The van der Waals surface area contributed by atoms with Gasteiger partial charge in [-0.05, 0) is 129 Å². The van der Waals surface area contributed by atoms with Crippen LogP contribution in [-0.4, -0.2) is 4.57 Å². The molecule has 0 fully saturated rings. The first-order valence-corrected chi connectivity index (χ1v) is 22.4. The van der Waals surface area contributed by atoms with Gasteiger partial charge in [-0.3, -0.25) is 0 Å². The minimum Gasteiger partial charge on any atom is -0.456 e. The van der Waals surface area contributed by atoms with Gasteiger partial charge in [0, 0.05) is 44.3 Å². The Kier molecular flexibility index (Phi) is 8.34. The molecule has 0 N–H and O–H groups in total. The molecule has 13 rings (SSSR count). The number of benzene rings is 9. The van der Waals surface area contributed by atoms with Crippen LogP contribution in [0.4, 0.5) is 11.4 Å². The van der Waals surface area contributed by atoms with E-state index >= 15 is 0 Å². The minimum atomic E-state index is -0.437. The van der Waals surface area contributed by atoms with Crippen LogP contribution >= 0.6 is 0 Å². The zero-order valence-corrected chi connectivity index (χ0v) is 35.7. The van der Waals surface area contributed by atoms with Gasteiger partial charge in [0.05, 0.1) is 16.4 Å². The Morgan fingerprint density at radius 3 is 1.97 bits per heavy atom. The van der Waals surface area contributed by atoms with Crippen LogP contribution < -0.4 is 4.90 Å². The highest BCUT2D eigenvalue weighted by Gasteiger charge is 2.46. The summed E-state index contributed by atoms with van der Waals surface area (Å²) in [4.78, 5) is 2.28. The Bertz CT molecular complexity index is 3730. The largest absolute Gasteiger partial charge is 0.456 e. The summed E-state index contributed by atoms with van der Waals surface area (Å²) >= 11 is 0. The van der Waals surface area contributed by atoms with Gasteiger partial charge in [-0.25, -0.2) is 0 Å². The predicted molar refractivity (Wildman–Crippen MR) is 271 cm³/mol. The van der Waals surface area contributed by atoms with Gasteiger partial charge < -0.3 is 13.9 Å². The molecule has 1 aliphatic heterocycles. The second-order valence-corrected chi connectivity index (χ2v) is 17.3. The van der Waals surface area contributed by atoms with Crippen molar-refractivity contribution in [1.29, 1.82) is 0 Å². The molecule has 0 saturated heterocycles. The van der Waals surface area contributed by atoms with Crippen molar-refractivity contribution in [2.45, 2.75) is 11.8 Å². The van der Waals surface area contributed by atoms with E-state index in [1.54, 1.807) is 0 Å². The Morgan fingerprint density at radius 1 is 0.462 bits per heavy atom. The highest BCUT2D eigenvalue weighted by atomic mass is 16.3. The Morgan fingerprint density at radius 2 is 1.12 bits per heavy atom. The van der Waals surface area contributed by atoms with Gasteiger partial charge >= 0.3 is 0 Å². The summed E-state index contributed by atoms with van der Waals surface area (Å²) in [7, 11) is 0. The van der Waals surface area contributed by atoms with Crippen LogP contribution in [0.5, 0.6) is 0 Å². The first kappa shape index (κ1) is 37.2. The van der Waals surface area contributed by atoms with E-state index in [9.17, 15) is 0 Å². The standard InChI is InChI=1S/C62H42N2O/c1-41-17-5-2-6-18-44-37-42(29-34-57(44)63(41)47-32-36-61-54(40-47)51-25-13-16-28-60(51)65-61)43-30-35-59-53(38-43)50-24-12-15-27-58(50)64(59)48-31-33-56-52(39-48)49-23-11-14-26-55(49)62(56,45-19-7-3-8-20-45)46-21-9-4-10-22-46/h2-17,19-40H,1,18H2/b6-2-,17-5-. The van der Waals surface area contributed by atoms with E-state index in [1.807, 2.05) is 12.1 Å². The normalized spacial score (nSPS) is 15.1.